The fourth-order valence-corrected chi connectivity index (χ4v) is 3.14. The van der Waals surface area contributed by atoms with Crippen molar-refractivity contribution < 1.29 is 4.74 Å². The molecule has 106 valence electrons. The van der Waals surface area contributed by atoms with E-state index < -0.39 is 0 Å². The van der Waals surface area contributed by atoms with Gasteiger partial charge in [-0.05, 0) is 70.7 Å². The molecule has 0 N–H and O–H groups in total. The molecule has 0 aliphatic heterocycles. The van der Waals surface area contributed by atoms with Crippen LogP contribution in [0.5, 0.6) is 5.75 Å². The molecule has 0 spiro atoms. The van der Waals surface area contributed by atoms with Gasteiger partial charge in [-0.1, -0.05) is 46.3 Å². The molecule has 0 aliphatic rings. The molecule has 0 fully saturated rings. The van der Waals surface area contributed by atoms with Crippen LogP contribution in [0.4, 0.5) is 0 Å². The van der Waals surface area contributed by atoms with E-state index in [0.29, 0.717) is 5.92 Å². The highest BCUT2D eigenvalue weighted by atomic mass is 127. The van der Waals surface area contributed by atoms with Crippen molar-refractivity contribution in [3.05, 3.63) is 63.2 Å². The van der Waals surface area contributed by atoms with E-state index in [1.54, 1.807) is 7.11 Å². The molecule has 3 heteroatoms. The average molecular weight is 445 g/mol. The van der Waals surface area contributed by atoms with Crippen molar-refractivity contribution in [3.8, 4) is 5.75 Å². The third kappa shape index (κ3) is 4.48. The molecule has 0 radical (unpaired) electrons. The molecule has 0 heterocycles. The minimum Gasteiger partial charge on any atom is -0.496 e. The van der Waals surface area contributed by atoms with Crippen LogP contribution >= 0.6 is 38.5 Å². The topological polar surface area (TPSA) is 9.23 Å². The Morgan fingerprint density at radius 3 is 2.40 bits per heavy atom. The molecular weight excluding hydrogens is 427 g/mol. The van der Waals surface area contributed by atoms with Crippen LogP contribution in [-0.4, -0.2) is 12.4 Å². The lowest BCUT2D eigenvalue weighted by Crippen LogP contribution is -2.10. The van der Waals surface area contributed by atoms with Crippen LogP contribution in [0.2, 0.25) is 0 Å². The van der Waals surface area contributed by atoms with Gasteiger partial charge in [0.2, 0.25) is 0 Å². The Morgan fingerprint density at radius 2 is 1.75 bits per heavy atom. The normalized spacial score (nSPS) is 12.2. The predicted octanol–water partition coefficient (Wildman–Crippen LogP) is 5.10. The van der Waals surface area contributed by atoms with Crippen LogP contribution < -0.4 is 4.74 Å². The molecule has 1 atom stereocenters. The molecule has 2 aromatic carbocycles. The molecule has 0 saturated heterocycles. The fourth-order valence-electron chi connectivity index (χ4n) is 2.32. The number of para-hydroxylation sites is 1. The maximum atomic E-state index is 5.44. The summed E-state index contributed by atoms with van der Waals surface area (Å²) in [5, 5.41) is 0.997. The minimum absolute atomic E-state index is 0.575. The van der Waals surface area contributed by atoms with E-state index in [1.807, 2.05) is 12.1 Å². The summed E-state index contributed by atoms with van der Waals surface area (Å²) >= 11 is 5.99. The van der Waals surface area contributed by atoms with Gasteiger partial charge in [0.25, 0.3) is 0 Å². The van der Waals surface area contributed by atoms with E-state index in [-0.39, 0.29) is 0 Å². The zero-order chi connectivity index (χ0) is 14.4. The third-order valence-corrected chi connectivity index (χ3v) is 4.99. The molecule has 0 saturated carbocycles. The lowest BCUT2D eigenvalue weighted by molar-refractivity contribution is 0.406. The Balaban J connectivity index is 2.07. The van der Waals surface area contributed by atoms with E-state index >= 15 is 0 Å². The lowest BCUT2D eigenvalue weighted by atomic mass is 9.94. The summed E-state index contributed by atoms with van der Waals surface area (Å²) in [7, 11) is 1.74. The lowest BCUT2D eigenvalue weighted by Gasteiger charge is -2.16. The largest absolute Gasteiger partial charge is 0.496 e. The Bertz CT molecular complexity index is 539. The van der Waals surface area contributed by atoms with Crippen molar-refractivity contribution >= 4 is 38.5 Å². The number of alkyl halides is 1. The van der Waals surface area contributed by atoms with Crippen LogP contribution in [-0.2, 0) is 12.8 Å². The van der Waals surface area contributed by atoms with Crippen LogP contribution in [0.3, 0.4) is 0 Å². The zero-order valence-corrected chi connectivity index (χ0v) is 15.2. The number of rotatable bonds is 6. The van der Waals surface area contributed by atoms with Gasteiger partial charge < -0.3 is 4.74 Å². The van der Waals surface area contributed by atoms with E-state index in [0.717, 1.165) is 23.9 Å². The van der Waals surface area contributed by atoms with E-state index in [2.05, 4.69) is 74.9 Å². The van der Waals surface area contributed by atoms with Crippen molar-refractivity contribution in [1.29, 1.82) is 0 Å². The van der Waals surface area contributed by atoms with Crippen molar-refractivity contribution in [3.63, 3.8) is 0 Å². The van der Waals surface area contributed by atoms with Gasteiger partial charge in [0, 0.05) is 8.90 Å². The van der Waals surface area contributed by atoms with Crippen LogP contribution in [0.1, 0.15) is 11.1 Å². The molecule has 0 aliphatic carbocycles. The van der Waals surface area contributed by atoms with Gasteiger partial charge in [-0.25, -0.2) is 0 Å². The maximum absolute atomic E-state index is 5.44. The quantitative estimate of drug-likeness (QED) is 0.445. The van der Waals surface area contributed by atoms with Gasteiger partial charge in [0.15, 0.2) is 0 Å². The first-order valence-electron chi connectivity index (χ1n) is 6.65. The average Bonchev–Trinajstić information content (AvgIpc) is 2.49. The number of methoxy groups -OCH3 is 1. The summed E-state index contributed by atoms with van der Waals surface area (Å²) in [5.41, 5.74) is 2.68. The number of hydrogen-bond acceptors (Lipinski definition) is 1. The standard InChI is InChI=1S/C17H18BrIO/c1-20-17-5-3-2-4-15(17)11-14(12-18)10-13-6-8-16(19)9-7-13/h2-9,14H,10-12H2,1H3. The van der Waals surface area contributed by atoms with E-state index in [9.17, 15) is 0 Å². The number of halogens is 2. The second kappa shape index (κ2) is 8.03. The Hall–Kier alpha value is -0.550. The van der Waals surface area contributed by atoms with Crippen LogP contribution in [0, 0.1) is 9.49 Å². The van der Waals surface area contributed by atoms with Crippen molar-refractivity contribution in [2.45, 2.75) is 12.8 Å². The van der Waals surface area contributed by atoms with Gasteiger partial charge in [-0.3, -0.25) is 0 Å². The second-order valence-corrected chi connectivity index (χ2v) is 6.76. The van der Waals surface area contributed by atoms with Gasteiger partial charge in [0.05, 0.1) is 7.11 Å². The van der Waals surface area contributed by atoms with Crippen molar-refractivity contribution in [2.75, 3.05) is 12.4 Å². The van der Waals surface area contributed by atoms with E-state index in [4.69, 9.17) is 4.74 Å². The fraction of sp³-hybridized carbons (Fsp3) is 0.294. The molecule has 1 nitrogen and oxygen atoms in total. The Kier molecular flexibility index (Phi) is 6.36. The molecule has 2 rings (SSSR count). The first-order valence-corrected chi connectivity index (χ1v) is 8.85. The summed E-state index contributed by atoms with van der Waals surface area (Å²) in [6, 6.07) is 17.1. The maximum Gasteiger partial charge on any atom is 0.122 e. The predicted molar refractivity (Wildman–Crippen MR) is 96.8 cm³/mol. The Labute approximate surface area is 143 Å². The monoisotopic (exact) mass is 444 g/mol. The van der Waals surface area contributed by atoms with Gasteiger partial charge in [-0.2, -0.15) is 0 Å². The highest BCUT2D eigenvalue weighted by Gasteiger charge is 2.12. The molecule has 2 aromatic rings. The zero-order valence-electron chi connectivity index (χ0n) is 11.5. The van der Waals surface area contributed by atoms with Gasteiger partial charge in [0.1, 0.15) is 5.75 Å². The second-order valence-electron chi connectivity index (χ2n) is 4.87. The summed E-state index contributed by atoms with van der Waals surface area (Å²) in [6.45, 7) is 0. The molecule has 0 amide bonds. The smallest absolute Gasteiger partial charge is 0.122 e. The third-order valence-electron chi connectivity index (χ3n) is 3.36. The molecule has 0 bridgehead atoms. The summed E-state index contributed by atoms with van der Waals surface area (Å²) in [4.78, 5) is 0. The number of ether oxygens (including phenoxy) is 1. The molecular formula is C17H18BrIO. The van der Waals surface area contributed by atoms with Crippen molar-refractivity contribution in [2.24, 2.45) is 5.92 Å². The molecule has 1 unspecified atom stereocenters. The van der Waals surface area contributed by atoms with E-state index in [1.165, 1.54) is 14.7 Å². The Morgan fingerprint density at radius 1 is 1.05 bits per heavy atom. The minimum atomic E-state index is 0.575. The SMILES string of the molecule is COc1ccccc1CC(CBr)Cc1ccc(I)cc1. The summed E-state index contributed by atoms with van der Waals surface area (Å²) in [6.07, 6.45) is 2.11. The van der Waals surface area contributed by atoms with Crippen molar-refractivity contribution in [1.82, 2.24) is 0 Å². The highest BCUT2D eigenvalue weighted by Crippen LogP contribution is 2.24. The number of hydrogen-bond donors (Lipinski definition) is 0. The first kappa shape index (κ1) is 15.8. The van der Waals surface area contributed by atoms with Crippen LogP contribution in [0.15, 0.2) is 48.5 Å². The van der Waals surface area contributed by atoms with Crippen LogP contribution in [0.25, 0.3) is 0 Å². The first-order chi connectivity index (χ1) is 9.72. The van der Waals surface area contributed by atoms with Gasteiger partial charge in [-0.15, -0.1) is 0 Å². The number of benzene rings is 2. The molecule has 20 heavy (non-hydrogen) atoms. The summed E-state index contributed by atoms with van der Waals surface area (Å²) < 4.78 is 6.72. The highest BCUT2D eigenvalue weighted by molar-refractivity contribution is 14.1. The van der Waals surface area contributed by atoms with Gasteiger partial charge >= 0.3 is 0 Å². The molecule has 0 aromatic heterocycles. The summed E-state index contributed by atoms with van der Waals surface area (Å²) in [5.74, 6) is 1.56.